The molecule has 0 saturated heterocycles. The van der Waals surface area contributed by atoms with Gasteiger partial charge in [0.05, 0.1) is 35.4 Å². The SMILES string of the molecule is C1=Cc2cc3ccc(cc4ccc(cc5nc(cc1n2)C=C5)[nH]4)[nH]3.COc1cccc2ncccc12.[Cu]. The van der Waals surface area contributed by atoms with Gasteiger partial charge in [-0.15, -0.1) is 0 Å². The number of methoxy groups -OCH3 is 1. The summed E-state index contributed by atoms with van der Waals surface area (Å²) >= 11 is 0. The molecular formula is C30H23CuN5O. The molecule has 1 radical (unpaired) electrons. The van der Waals surface area contributed by atoms with E-state index in [0.717, 1.165) is 61.5 Å². The quantitative estimate of drug-likeness (QED) is 0.225. The second kappa shape index (κ2) is 10.7. The van der Waals surface area contributed by atoms with Crippen molar-refractivity contribution in [3.8, 4) is 5.75 Å². The maximum Gasteiger partial charge on any atom is 0.128 e. The minimum absolute atomic E-state index is 0. The summed E-state index contributed by atoms with van der Waals surface area (Å²) in [5, 5.41) is 1.06. The normalized spacial score (nSPS) is 11.5. The maximum absolute atomic E-state index is 5.19. The van der Waals surface area contributed by atoms with Crippen LogP contribution in [0.25, 0.3) is 57.3 Å². The van der Waals surface area contributed by atoms with E-state index in [4.69, 9.17) is 4.74 Å². The Labute approximate surface area is 224 Å². The Kier molecular flexibility index (Phi) is 6.99. The van der Waals surface area contributed by atoms with Crippen LogP contribution >= 0.6 is 0 Å². The van der Waals surface area contributed by atoms with Gasteiger partial charge >= 0.3 is 0 Å². The van der Waals surface area contributed by atoms with E-state index in [1.807, 2.05) is 72.8 Å². The van der Waals surface area contributed by atoms with Gasteiger partial charge in [-0.25, -0.2) is 9.97 Å². The minimum Gasteiger partial charge on any atom is -0.496 e. The summed E-state index contributed by atoms with van der Waals surface area (Å²) in [6, 6.07) is 26.2. The zero-order valence-corrected chi connectivity index (χ0v) is 20.9. The van der Waals surface area contributed by atoms with Crippen molar-refractivity contribution in [1.29, 1.82) is 0 Å². The van der Waals surface area contributed by atoms with E-state index >= 15 is 0 Å². The molecule has 0 spiro atoms. The molecule has 0 amide bonds. The number of hydrogen-bond donors (Lipinski definition) is 2. The Morgan fingerprint density at radius 3 is 1.70 bits per heavy atom. The molecule has 2 aliphatic heterocycles. The van der Waals surface area contributed by atoms with E-state index in [1.54, 1.807) is 13.3 Å². The van der Waals surface area contributed by atoms with Crippen LogP contribution < -0.4 is 4.74 Å². The maximum atomic E-state index is 5.19. The number of aromatic nitrogens is 5. The Morgan fingerprint density at radius 1 is 0.595 bits per heavy atom. The molecule has 8 bridgehead atoms. The van der Waals surface area contributed by atoms with Gasteiger partial charge in [-0.1, -0.05) is 6.07 Å². The van der Waals surface area contributed by atoms with Gasteiger partial charge < -0.3 is 14.7 Å². The molecule has 5 aromatic rings. The largest absolute Gasteiger partial charge is 0.496 e. The fraction of sp³-hybridized carbons (Fsp3) is 0.0333. The monoisotopic (exact) mass is 532 g/mol. The summed E-state index contributed by atoms with van der Waals surface area (Å²) in [5.74, 6) is 0.876. The van der Waals surface area contributed by atoms with E-state index in [1.165, 1.54) is 0 Å². The average molecular weight is 533 g/mol. The topological polar surface area (TPSA) is 79.5 Å². The van der Waals surface area contributed by atoms with Gasteiger partial charge in [-0.3, -0.25) is 4.98 Å². The summed E-state index contributed by atoms with van der Waals surface area (Å²) in [6.07, 6.45) is 9.83. The van der Waals surface area contributed by atoms with E-state index in [-0.39, 0.29) is 17.1 Å². The van der Waals surface area contributed by atoms with Crippen molar-refractivity contribution < 1.29 is 21.8 Å². The number of fused-ring (bicyclic) bond motifs is 9. The summed E-state index contributed by atoms with van der Waals surface area (Å²) in [5.41, 5.74) is 8.83. The number of ether oxygens (including phenoxy) is 1. The fourth-order valence-electron chi connectivity index (χ4n) is 4.20. The van der Waals surface area contributed by atoms with Gasteiger partial charge in [-0.2, -0.15) is 0 Å². The van der Waals surface area contributed by atoms with E-state index in [0.29, 0.717) is 0 Å². The molecule has 0 unspecified atom stereocenters. The van der Waals surface area contributed by atoms with Crippen molar-refractivity contribution in [2.75, 3.05) is 7.11 Å². The number of H-pyrrole nitrogens is 2. The first-order valence-electron chi connectivity index (χ1n) is 11.6. The molecular weight excluding hydrogens is 510 g/mol. The van der Waals surface area contributed by atoms with Crippen molar-refractivity contribution in [1.82, 2.24) is 24.9 Å². The second-order valence-corrected chi connectivity index (χ2v) is 8.44. The van der Waals surface area contributed by atoms with Crippen LogP contribution in [0.2, 0.25) is 0 Å². The number of rotatable bonds is 1. The molecule has 0 atom stereocenters. The van der Waals surface area contributed by atoms with Gasteiger partial charge in [0.25, 0.3) is 0 Å². The average Bonchev–Trinajstić information content (AvgIpc) is 3.70. The molecule has 0 aliphatic carbocycles. The molecule has 2 aliphatic rings. The van der Waals surface area contributed by atoms with Gasteiger partial charge in [0.1, 0.15) is 5.75 Å². The van der Waals surface area contributed by atoms with Gasteiger partial charge in [0, 0.05) is 50.7 Å². The zero-order valence-electron chi connectivity index (χ0n) is 19.9. The number of nitrogens with one attached hydrogen (secondary N) is 2. The molecule has 0 saturated carbocycles. The summed E-state index contributed by atoms with van der Waals surface area (Å²) in [6.45, 7) is 0. The predicted octanol–water partition coefficient (Wildman–Crippen LogP) is 6.90. The molecule has 1 aromatic carbocycles. The smallest absolute Gasteiger partial charge is 0.128 e. The first kappa shape index (κ1) is 24.3. The van der Waals surface area contributed by atoms with Crippen LogP contribution in [0.1, 0.15) is 22.8 Å². The van der Waals surface area contributed by atoms with E-state index in [9.17, 15) is 0 Å². The second-order valence-electron chi connectivity index (χ2n) is 8.44. The number of benzene rings is 1. The van der Waals surface area contributed by atoms with Crippen LogP contribution in [0.5, 0.6) is 5.75 Å². The first-order chi connectivity index (χ1) is 17.7. The molecule has 2 N–H and O–H groups in total. The zero-order chi connectivity index (χ0) is 24.3. The van der Waals surface area contributed by atoms with Crippen LogP contribution in [-0.2, 0) is 17.1 Å². The van der Waals surface area contributed by atoms with Crippen LogP contribution in [0.3, 0.4) is 0 Å². The number of aromatic amines is 2. The van der Waals surface area contributed by atoms with Crippen LogP contribution in [-0.4, -0.2) is 32.0 Å². The summed E-state index contributed by atoms with van der Waals surface area (Å²) < 4.78 is 5.19. The van der Waals surface area contributed by atoms with Gasteiger partial charge in [-0.05, 0) is 97.1 Å². The van der Waals surface area contributed by atoms with E-state index in [2.05, 4.69) is 55.3 Å². The van der Waals surface area contributed by atoms with Crippen molar-refractivity contribution in [3.05, 3.63) is 108 Å². The predicted molar refractivity (Wildman–Crippen MR) is 147 cm³/mol. The summed E-state index contributed by atoms with van der Waals surface area (Å²) in [4.78, 5) is 20.2. The number of nitrogens with zero attached hydrogens (tertiary/aromatic N) is 3. The Hall–Kier alpha value is -4.45. The van der Waals surface area contributed by atoms with Crippen molar-refractivity contribution >= 4 is 57.3 Å². The summed E-state index contributed by atoms with van der Waals surface area (Å²) in [7, 11) is 1.67. The number of pyridine rings is 1. The van der Waals surface area contributed by atoms with Crippen LogP contribution in [0, 0.1) is 0 Å². The molecule has 37 heavy (non-hydrogen) atoms. The van der Waals surface area contributed by atoms with Crippen molar-refractivity contribution in [2.24, 2.45) is 0 Å². The van der Waals surface area contributed by atoms with Crippen LogP contribution in [0.15, 0.2) is 85.1 Å². The van der Waals surface area contributed by atoms with Crippen LogP contribution in [0.4, 0.5) is 0 Å². The van der Waals surface area contributed by atoms with Gasteiger partial charge in [0.2, 0.25) is 0 Å². The molecule has 0 fully saturated rings. The number of hydrogen-bond acceptors (Lipinski definition) is 4. The molecule has 7 heteroatoms. The first-order valence-corrected chi connectivity index (χ1v) is 11.6. The molecule has 7 rings (SSSR count). The Morgan fingerprint density at radius 2 is 1.14 bits per heavy atom. The van der Waals surface area contributed by atoms with Crippen molar-refractivity contribution in [3.63, 3.8) is 0 Å². The molecule has 185 valence electrons. The Bertz CT molecular complexity index is 1700. The molecule has 6 nitrogen and oxygen atoms in total. The van der Waals surface area contributed by atoms with Gasteiger partial charge in [0.15, 0.2) is 0 Å². The molecule has 4 aromatic heterocycles. The Balaban J connectivity index is 0.000000183. The third kappa shape index (κ3) is 5.53. The minimum atomic E-state index is 0. The van der Waals surface area contributed by atoms with E-state index < -0.39 is 0 Å². The fourth-order valence-corrected chi connectivity index (χ4v) is 4.20. The standard InChI is InChI=1S/C20H14N4.C10H9NO.Cu/c1-2-14-10-16-5-6-18(23-16)12-20-8-7-19(24-20)11-17-4-3-15(22-17)9-13(1)21-14;1-12-10-6-2-5-9-8(10)4-3-7-11-9;/h1-12,21-22H;2-7H,1H3;. The van der Waals surface area contributed by atoms with Crippen molar-refractivity contribution in [2.45, 2.75) is 0 Å². The third-order valence-corrected chi connectivity index (χ3v) is 5.87. The third-order valence-electron chi connectivity index (χ3n) is 5.87. The molecule has 6 heterocycles.